The molecule has 0 saturated carbocycles. The van der Waals surface area contributed by atoms with Crippen molar-refractivity contribution in [3.63, 3.8) is 0 Å². The molecule has 1 saturated heterocycles. The highest BCUT2D eigenvalue weighted by Gasteiger charge is 2.24. The fourth-order valence-corrected chi connectivity index (χ4v) is 2.55. The second-order valence-electron chi connectivity index (χ2n) is 3.70. The molecule has 3 nitrogen and oxygen atoms in total. The Labute approximate surface area is 98.0 Å². The van der Waals surface area contributed by atoms with Crippen LogP contribution in [0.5, 0.6) is 5.75 Å². The predicted molar refractivity (Wildman–Crippen MR) is 63.6 cm³/mol. The number of nitrogens with zero attached hydrogens (tertiary/aromatic N) is 2. The monoisotopic (exact) mass is 304 g/mol. The minimum atomic E-state index is 0.687. The SMILES string of the molecule is Cc1cncc(OCC2CN(I)C2)c1. The molecule has 1 fully saturated rings. The van der Waals surface area contributed by atoms with Gasteiger partial charge in [0, 0.05) is 48.1 Å². The van der Waals surface area contributed by atoms with Crippen molar-refractivity contribution in [2.75, 3.05) is 19.7 Å². The van der Waals surface area contributed by atoms with Gasteiger partial charge in [-0.2, -0.15) is 0 Å². The van der Waals surface area contributed by atoms with Crippen molar-refractivity contribution in [3.8, 4) is 5.75 Å². The van der Waals surface area contributed by atoms with Crippen LogP contribution in [0, 0.1) is 12.8 Å². The first-order chi connectivity index (χ1) is 6.74. The molecule has 0 amide bonds. The standard InChI is InChI=1S/C10H13IN2O/c1-8-2-10(4-12-3-8)14-7-9-5-13(11)6-9/h2-4,9H,5-7H2,1H3. The van der Waals surface area contributed by atoms with Crippen LogP contribution in [0.3, 0.4) is 0 Å². The summed E-state index contributed by atoms with van der Waals surface area (Å²) in [4.78, 5) is 4.08. The Morgan fingerprint density at radius 2 is 2.36 bits per heavy atom. The third-order valence-electron chi connectivity index (χ3n) is 2.25. The Morgan fingerprint density at radius 1 is 1.57 bits per heavy atom. The van der Waals surface area contributed by atoms with Gasteiger partial charge in [-0.1, -0.05) is 0 Å². The normalized spacial score (nSPS) is 17.9. The van der Waals surface area contributed by atoms with Crippen LogP contribution in [0.15, 0.2) is 18.5 Å². The highest BCUT2D eigenvalue weighted by molar-refractivity contribution is 14.1. The summed E-state index contributed by atoms with van der Waals surface area (Å²) in [6.07, 6.45) is 3.61. The molecule has 0 spiro atoms. The summed E-state index contributed by atoms with van der Waals surface area (Å²) in [6, 6.07) is 2.02. The molecule has 0 bridgehead atoms. The summed E-state index contributed by atoms with van der Waals surface area (Å²) in [7, 11) is 0. The first-order valence-corrected chi connectivity index (χ1v) is 5.65. The van der Waals surface area contributed by atoms with Crippen LogP contribution >= 0.6 is 22.9 Å². The Kier molecular flexibility index (Phi) is 3.22. The van der Waals surface area contributed by atoms with E-state index >= 15 is 0 Å². The van der Waals surface area contributed by atoms with Crippen LogP contribution in [0.4, 0.5) is 0 Å². The summed E-state index contributed by atoms with van der Waals surface area (Å²) in [5, 5.41) is 0. The number of ether oxygens (including phenoxy) is 1. The van der Waals surface area contributed by atoms with Gasteiger partial charge in [0.25, 0.3) is 0 Å². The predicted octanol–water partition coefficient (Wildman–Crippen LogP) is 2.05. The van der Waals surface area contributed by atoms with Crippen molar-refractivity contribution in [3.05, 3.63) is 24.0 Å². The number of pyridine rings is 1. The van der Waals surface area contributed by atoms with Crippen molar-refractivity contribution in [1.29, 1.82) is 0 Å². The summed E-state index contributed by atoms with van der Waals surface area (Å²) in [5.41, 5.74) is 1.15. The van der Waals surface area contributed by atoms with E-state index in [0.717, 1.165) is 31.0 Å². The van der Waals surface area contributed by atoms with E-state index in [1.54, 1.807) is 6.20 Å². The second-order valence-corrected chi connectivity index (χ2v) is 5.07. The van der Waals surface area contributed by atoms with Gasteiger partial charge in [0.1, 0.15) is 5.75 Å². The topological polar surface area (TPSA) is 25.4 Å². The second kappa shape index (κ2) is 4.44. The van der Waals surface area contributed by atoms with Crippen molar-refractivity contribution in [2.24, 2.45) is 5.92 Å². The number of aromatic nitrogens is 1. The Hall–Kier alpha value is -0.360. The number of rotatable bonds is 3. The molecule has 0 aliphatic carbocycles. The summed E-state index contributed by atoms with van der Waals surface area (Å²) < 4.78 is 7.91. The van der Waals surface area contributed by atoms with Gasteiger partial charge in [-0.15, -0.1) is 0 Å². The minimum Gasteiger partial charge on any atom is -0.492 e. The van der Waals surface area contributed by atoms with Crippen molar-refractivity contribution >= 4 is 22.9 Å². The quantitative estimate of drug-likeness (QED) is 0.631. The molecule has 2 rings (SSSR count). The number of aryl methyl sites for hydroxylation is 1. The number of halogens is 1. The molecule has 14 heavy (non-hydrogen) atoms. The van der Waals surface area contributed by atoms with E-state index in [4.69, 9.17) is 4.74 Å². The average Bonchev–Trinajstić information content (AvgIpc) is 2.11. The van der Waals surface area contributed by atoms with Crippen LogP contribution < -0.4 is 4.74 Å². The van der Waals surface area contributed by atoms with Crippen molar-refractivity contribution in [1.82, 2.24) is 8.10 Å². The van der Waals surface area contributed by atoms with E-state index in [2.05, 4.69) is 31.0 Å². The fraction of sp³-hybridized carbons (Fsp3) is 0.500. The lowest BCUT2D eigenvalue weighted by molar-refractivity contribution is 0.151. The zero-order valence-electron chi connectivity index (χ0n) is 8.11. The maximum atomic E-state index is 5.65. The van der Waals surface area contributed by atoms with Gasteiger partial charge in [0.2, 0.25) is 0 Å². The molecular formula is C10H13IN2O. The van der Waals surface area contributed by atoms with E-state index in [0.29, 0.717) is 5.92 Å². The molecule has 4 heteroatoms. The first kappa shape index (κ1) is 10.2. The van der Waals surface area contributed by atoms with Gasteiger partial charge in [0.05, 0.1) is 12.8 Å². The van der Waals surface area contributed by atoms with Crippen molar-refractivity contribution < 1.29 is 4.74 Å². The third kappa shape index (κ3) is 2.57. The molecule has 0 aromatic carbocycles. The third-order valence-corrected chi connectivity index (χ3v) is 3.04. The maximum absolute atomic E-state index is 5.65. The summed E-state index contributed by atoms with van der Waals surface area (Å²) >= 11 is 2.33. The maximum Gasteiger partial charge on any atom is 0.137 e. The van der Waals surface area contributed by atoms with Gasteiger partial charge in [-0.3, -0.25) is 4.98 Å². The molecule has 2 heterocycles. The molecule has 76 valence electrons. The first-order valence-electron chi connectivity index (χ1n) is 4.69. The Bertz CT molecular complexity index is 313. The molecule has 0 unspecified atom stereocenters. The zero-order valence-corrected chi connectivity index (χ0v) is 10.3. The van der Waals surface area contributed by atoms with Crippen LogP contribution in [0.1, 0.15) is 5.56 Å². The molecule has 1 aromatic rings. The number of hydrogen-bond donors (Lipinski definition) is 0. The van der Waals surface area contributed by atoms with Gasteiger partial charge in [-0.05, 0) is 18.6 Å². The highest BCUT2D eigenvalue weighted by atomic mass is 127. The molecule has 0 radical (unpaired) electrons. The van der Waals surface area contributed by atoms with E-state index in [9.17, 15) is 0 Å². The Morgan fingerprint density at radius 3 is 3.00 bits per heavy atom. The van der Waals surface area contributed by atoms with Crippen molar-refractivity contribution in [2.45, 2.75) is 6.92 Å². The Balaban J connectivity index is 1.80. The minimum absolute atomic E-state index is 0.687. The van der Waals surface area contributed by atoms with E-state index in [1.807, 2.05) is 19.2 Å². The van der Waals surface area contributed by atoms with E-state index in [-0.39, 0.29) is 0 Å². The van der Waals surface area contributed by atoms with Gasteiger partial charge >= 0.3 is 0 Å². The van der Waals surface area contributed by atoms with Crippen LogP contribution in [-0.4, -0.2) is 27.8 Å². The molecule has 1 aromatic heterocycles. The smallest absolute Gasteiger partial charge is 0.137 e. The lowest BCUT2D eigenvalue weighted by Gasteiger charge is -2.33. The van der Waals surface area contributed by atoms with Crippen LogP contribution in [0.25, 0.3) is 0 Å². The summed E-state index contributed by atoms with van der Waals surface area (Å²) in [6.45, 7) is 5.11. The molecule has 0 atom stereocenters. The lowest BCUT2D eigenvalue weighted by Crippen LogP contribution is -2.42. The number of hydrogen-bond acceptors (Lipinski definition) is 3. The molecular weight excluding hydrogens is 291 g/mol. The molecule has 1 aliphatic rings. The van der Waals surface area contributed by atoms with Gasteiger partial charge in [0.15, 0.2) is 0 Å². The lowest BCUT2D eigenvalue weighted by atomic mass is 10.1. The zero-order chi connectivity index (χ0) is 9.97. The van der Waals surface area contributed by atoms with E-state index in [1.165, 1.54) is 0 Å². The van der Waals surface area contributed by atoms with Crippen LogP contribution in [0.2, 0.25) is 0 Å². The van der Waals surface area contributed by atoms with Gasteiger partial charge < -0.3 is 4.74 Å². The van der Waals surface area contributed by atoms with E-state index < -0.39 is 0 Å². The molecule has 1 aliphatic heterocycles. The molecule has 0 N–H and O–H groups in total. The van der Waals surface area contributed by atoms with Gasteiger partial charge in [-0.25, -0.2) is 3.11 Å². The highest BCUT2D eigenvalue weighted by Crippen LogP contribution is 2.20. The fourth-order valence-electron chi connectivity index (χ4n) is 1.43. The average molecular weight is 304 g/mol. The largest absolute Gasteiger partial charge is 0.492 e. The summed E-state index contributed by atoms with van der Waals surface area (Å²) in [5.74, 6) is 1.57. The van der Waals surface area contributed by atoms with Crippen LogP contribution in [-0.2, 0) is 0 Å².